The van der Waals surface area contributed by atoms with Crippen LogP contribution >= 0.6 is 0 Å². The monoisotopic (exact) mass is 500 g/mol. The highest BCUT2D eigenvalue weighted by atomic mass is 16.5. The Morgan fingerprint density at radius 1 is 0.946 bits per heavy atom. The van der Waals surface area contributed by atoms with E-state index in [9.17, 15) is 4.79 Å². The predicted molar refractivity (Wildman–Crippen MR) is 149 cm³/mol. The summed E-state index contributed by atoms with van der Waals surface area (Å²) in [6, 6.07) is 24.7. The number of fused-ring (bicyclic) bond motifs is 3. The third-order valence-electron chi connectivity index (χ3n) is 6.72. The summed E-state index contributed by atoms with van der Waals surface area (Å²) < 4.78 is 12.0. The van der Waals surface area contributed by atoms with Gasteiger partial charge >= 0.3 is 0 Å². The molecule has 2 bridgehead atoms. The first-order valence-corrected chi connectivity index (χ1v) is 13.5. The quantitative estimate of drug-likeness (QED) is 0.465. The van der Waals surface area contributed by atoms with Crippen molar-refractivity contribution in [1.82, 2.24) is 10.2 Å². The Labute approximate surface area is 221 Å². The number of benzene rings is 3. The molecule has 0 spiro atoms. The van der Waals surface area contributed by atoms with Gasteiger partial charge in [-0.25, -0.2) is 0 Å². The molecule has 0 fully saturated rings. The summed E-state index contributed by atoms with van der Waals surface area (Å²) in [7, 11) is 0. The molecule has 196 valence electrons. The minimum Gasteiger partial charge on any atom is -0.491 e. The van der Waals surface area contributed by atoms with Crippen molar-refractivity contribution < 1.29 is 14.3 Å². The first kappa shape index (κ1) is 26.9. The molecule has 0 saturated carbocycles. The molecule has 0 unspecified atom stereocenters. The molecule has 4 rings (SSSR count). The summed E-state index contributed by atoms with van der Waals surface area (Å²) in [4.78, 5) is 15.4. The van der Waals surface area contributed by atoms with Gasteiger partial charge in [0.15, 0.2) is 0 Å². The van der Waals surface area contributed by atoms with Crippen LogP contribution in [0.4, 0.5) is 0 Å². The lowest BCUT2D eigenvalue weighted by molar-refractivity contribution is 0.0764. The van der Waals surface area contributed by atoms with Crippen LogP contribution in [0.15, 0.2) is 72.8 Å². The van der Waals surface area contributed by atoms with Crippen LogP contribution in [0.3, 0.4) is 0 Å². The Hall–Kier alpha value is -3.15. The minimum atomic E-state index is -0.0592. The second-order valence-electron chi connectivity index (χ2n) is 10.2. The summed E-state index contributed by atoms with van der Waals surface area (Å²) in [5.41, 5.74) is 5.41. The highest BCUT2D eigenvalue weighted by Gasteiger charge is 2.14. The number of nitrogens with one attached hydrogen (secondary N) is 1. The second-order valence-corrected chi connectivity index (χ2v) is 10.2. The lowest BCUT2D eigenvalue weighted by atomic mass is 9.99. The fourth-order valence-corrected chi connectivity index (χ4v) is 4.60. The maximum atomic E-state index is 12.9. The molecule has 0 atom stereocenters. The number of amides is 1. The maximum absolute atomic E-state index is 12.9. The molecular weight excluding hydrogens is 460 g/mol. The molecule has 1 aliphatic heterocycles. The first-order valence-electron chi connectivity index (χ1n) is 13.5. The Balaban J connectivity index is 1.48. The lowest BCUT2D eigenvalue weighted by Crippen LogP contribution is -2.29. The fourth-order valence-electron chi connectivity index (χ4n) is 4.60. The van der Waals surface area contributed by atoms with E-state index >= 15 is 0 Å². The Morgan fingerprint density at radius 2 is 1.78 bits per heavy atom. The molecule has 0 aromatic heterocycles. The van der Waals surface area contributed by atoms with E-state index in [0.717, 1.165) is 37.4 Å². The van der Waals surface area contributed by atoms with Gasteiger partial charge in [0, 0.05) is 31.6 Å². The maximum Gasteiger partial charge on any atom is 0.251 e. The van der Waals surface area contributed by atoms with Crippen LogP contribution in [0.5, 0.6) is 5.75 Å². The predicted octanol–water partition coefficient (Wildman–Crippen LogP) is 5.51. The average Bonchev–Trinajstić information content (AvgIpc) is 2.90. The van der Waals surface area contributed by atoms with Gasteiger partial charge in [-0.2, -0.15) is 0 Å². The standard InChI is InChI=1S/C32H40N2O3/c1-25(2)14-16-34-17-18-36-19-20-37-31-12-11-29(32(35)33-15-13-26-7-4-3-5-8-26)23-30(31)22-27-9-6-10-28(21-27)24-34/h3-12,21,23,25H,13-20,22,24H2,1-2H3,(H,33,35). The molecule has 5 nitrogen and oxygen atoms in total. The number of rotatable bonds is 7. The zero-order valence-corrected chi connectivity index (χ0v) is 22.2. The molecule has 1 aliphatic rings. The van der Waals surface area contributed by atoms with Gasteiger partial charge < -0.3 is 14.8 Å². The molecule has 0 aliphatic carbocycles. The molecule has 1 amide bonds. The molecule has 1 heterocycles. The first-order chi connectivity index (χ1) is 18.1. The third kappa shape index (κ3) is 8.73. The molecule has 1 N–H and O–H groups in total. The van der Waals surface area contributed by atoms with Gasteiger partial charge in [0.2, 0.25) is 0 Å². The van der Waals surface area contributed by atoms with Crippen LogP contribution < -0.4 is 10.1 Å². The Morgan fingerprint density at radius 3 is 2.62 bits per heavy atom. The fraction of sp³-hybridized carbons (Fsp3) is 0.406. The molecule has 37 heavy (non-hydrogen) atoms. The van der Waals surface area contributed by atoms with Crippen molar-refractivity contribution in [3.8, 4) is 5.75 Å². The van der Waals surface area contributed by atoms with Crippen molar-refractivity contribution in [3.05, 3.63) is 101 Å². The zero-order chi connectivity index (χ0) is 25.9. The normalized spacial score (nSPS) is 14.9. The highest BCUT2D eigenvalue weighted by molar-refractivity contribution is 5.94. The van der Waals surface area contributed by atoms with Gasteiger partial charge in [0.25, 0.3) is 5.91 Å². The number of hydrogen-bond donors (Lipinski definition) is 1. The minimum absolute atomic E-state index is 0.0592. The molecular formula is C32H40N2O3. The smallest absolute Gasteiger partial charge is 0.251 e. The zero-order valence-electron chi connectivity index (χ0n) is 22.2. The third-order valence-corrected chi connectivity index (χ3v) is 6.72. The van der Waals surface area contributed by atoms with E-state index in [4.69, 9.17) is 9.47 Å². The summed E-state index contributed by atoms with van der Waals surface area (Å²) >= 11 is 0. The molecule has 5 heteroatoms. The van der Waals surface area contributed by atoms with E-state index in [1.165, 1.54) is 23.1 Å². The molecule has 3 aromatic carbocycles. The van der Waals surface area contributed by atoms with Crippen LogP contribution in [0.1, 0.15) is 52.9 Å². The van der Waals surface area contributed by atoms with Crippen molar-refractivity contribution in [2.45, 2.75) is 39.7 Å². The van der Waals surface area contributed by atoms with E-state index in [1.807, 2.05) is 36.4 Å². The molecule has 0 saturated heterocycles. The summed E-state index contributed by atoms with van der Waals surface area (Å²) in [6.07, 6.45) is 2.69. The SMILES string of the molecule is CC(C)CCN1CCOCCOc2ccc(C(=O)NCCc3ccccc3)cc2Cc2cccc(c2)C1. The summed E-state index contributed by atoms with van der Waals surface area (Å²) in [6.45, 7) is 9.76. The van der Waals surface area contributed by atoms with Crippen LogP contribution in [0.2, 0.25) is 0 Å². The Bertz CT molecular complexity index is 1130. The second kappa shape index (κ2) is 14.0. The van der Waals surface area contributed by atoms with Crippen molar-refractivity contribution in [2.75, 3.05) is 39.5 Å². The van der Waals surface area contributed by atoms with Crippen LogP contribution in [-0.4, -0.2) is 50.3 Å². The van der Waals surface area contributed by atoms with Crippen molar-refractivity contribution in [2.24, 2.45) is 5.92 Å². The van der Waals surface area contributed by atoms with E-state index in [2.05, 4.69) is 60.5 Å². The van der Waals surface area contributed by atoms with Gasteiger partial charge in [-0.05, 0) is 65.8 Å². The molecule has 3 aromatic rings. The van der Waals surface area contributed by atoms with Gasteiger partial charge in [0.1, 0.15) is 12.4 Å². The van der Waals surface area contributed by atoms with Crippen LogP contribution in [0.25, 0.3) is 0 Å². The van der Waals surface area contributed by atoms with Crippen molar-refractivity contribution in [1.29, 1.82) is 0 Å². The molecule has 0 radical (unpaired) electrons. The van der Waals surface area contributed by atoms with E-state index in [-0.39, 0.29) is 5.91 Å². The van der Waals surface area contributed by atoms with Gasteiger partial charge in [-0.15, -0.1) is 0 Å². The van der Waals surface area contributed by atoms with Gasteiger partial charge in [-0.1, -0.05) is 68.4 Å². The highest BCUT2D eigenvalue weighted by Crippen LogP contribution is 2.25. The number of carbonyl (C=O) groups excluding carboxylic acids is 1. The van der Waals surface area contributed by atoms with E-state index < -0.39 is 0 Å². The van der Waals surface area contributed by atoms with Crippen LogP contribution in [0, 0.1) is 5.92 Å². The number of ether oxygens (including phenoxy) is 2. The summed E-state index contributed by atoms with van der Waals surface area (Å²) in [5.74, 6) is 1.43. The number of carbonyl (C=O) groups is 1. The van der Waals surface area contributed by atoms with Crippen molar-refractivity contribution in [3.63, 3.8) is 0 Å². The van der Waals surface area contributed by atoms with Crippen molar-refractivity contribution >= 4 is 5.91 Å². The van der Waals surface area contributed by atoms with Crippen LogP contribution in [-0.2, 0) is 24.1 Å². The van der Waals surface area contributed by atoms with E-state index in [0.29, 0.717) is 44.3 Å². The van der Waals surface area contributed by atoms with E-state index in [1.54, 1.807) is 0 Å². The van der Waals surface area contributed by atoms with Gasteiger partial charge in [0.05, 0.1) is 13.2 Å². The largest absolute Gasteiger partial charge is 0.491 e. The number of nitrogens with zero attached hydrogens (tertiary/aromatic N) is 1. The van der Waals surface area contributed by atoms with Gasteiger partial charge in [-0.3, -0.25) is 9.69 Å². The summed E-state index contributed by atoms with van der Waals surface area (Å²) in [5, 5.41) is 3.06. The Kier molecular flexibility index (Phi) is 10.2. The topological polar surface area (TPSA) is 50.8 Å². The lowest BCUT2D eigenvalue weighted by Gasteiger charge is -2.24. The average molecular weight is 501 g/mol. The number of hydrogen-bond acceptors (Lipinski definition) is 4.